The minimum absolute atomic E-state index is 0.125. The summed E-state index contributed by atoms with van der Waals surface area (Å²) < 4.78 is 13.4. The van der Waals surface area contributed by atoms with E-state index in [0.29, 0.717) is 0 Å². The molecule has 1 atom stereocenters. The van der Waals surface area contributed by atoms with E-state index in [1.54, 1.807) is 0 Å². The van der Waals surface area contributed by atoms with E-state index in [4.69, 9.17) is 15.9 Å². The van der Waals surface area contributed by atoms with Crippen LogP contribution in [0, 0.1) is 5.95 Å². The van der Waals surface area contributed by atoms with E-state index >= 15 is 0 Å². The van der Waals surface area contributed by atoms with Crippen molar-refractivity contribution < 1.29 is 29.0 Å². The van der Waals surface area contributed by atoms with E-state index in [1.165, 1.54) is 6.07 Å². The molecule has 1 aromatic rings. The molecule has 0 saturated heterocycles. The van der Waals surface area contributed by atoms with Crippen LogP contribution in [0.15, 0.2) is 12.1 Å². The molecule has 108 valence electrons. The highest BCUT2D eigenvalue weighted by Gasteiger charge is 2.23. The Morgan fingerprint density at radius 3 is 2.50 bits per heavy atom. The zero-order valence-electron chi connectivity index (χ0n) is 10.2. The molecular weight excluding hydrogens is 273 g/mol. The van der Waals surface area contributed by atoms with Crippen LogP contribution in [0.1, 0.15) is 23.2 Å². The molecule has 0 spiro atoms. The molecule has 1 amide bonds. The number of carbonyl (C=O) groups is 3. The number of rotatable bonds is 6. The average Bonchev–Trinajstić information content (AvgIpc) is 2.33. The molecule has 20 heavy (non-hydrogen) atoms. The van der Waals surface area contributed by atoms with Gasteiger partial charge in [0.2, 0.25) is 5.95 Å². The SMILES string of the molecule is Nc1ccc(C(=O)N[C@@H](CCC(=O)O)C(=O)O)c(F)n1. The van der Waals surface area contributed by atoms with E-state index in [9.17, 15) is 18.8 Å². The molecule has 1 aromatic heterocycles. The van der Waals surface area contributed by atoms with Crippen molar-refractivity contribution in [1.29, 1.82) is 0 Å². The first-order valence-corrected chi connectivity index (χ1v) is 5.48. The number of anilines is 1. The van der Waals surface area contributed by atoms with Crippen molar-refractivity contribution in [3.63, 3.8) is 0 Å². The standard InChI is InChI=1S/C11H12FN3O5/c12-9-5(1-3-7(13)15-9)10(18)14-6(11(19)20)2-4-8(16)17/h1,3,6H,2,4H2,(H2,13,15)(H,14,18)(H,16,17)(H,19,20)/t6-/m0/s1. The Morgan fingerprint density at radius 1 is 1.35 bits per heavy atom. The Balaban J connectivity index is 2.80. The maximum atomic E-state index is 13.4. The Bertz CT molecular complexity index is 549. The third kappa shape index (κ3) is 4.19. The van der Waals surface area contributed by atoms with E-state index in [-0.39, 0.29) is 12.2 Å². The molecule has 0 unspecified atom stereocenters. The normalized spacial score (nSPS) is 11.7. The van der Waals surface area contributed by atoms with Gasteiger partial charge < -0.3 is 21.3 Å². The third-order valence-corrected chi connectivity index (χ3v) is 2.37. The van der Waals surface area contributed by atoms with Gasteiger partial charge in [0, 0.05) is 6.42 Å². The fourth-order valence-electron chi connectivity index (χ4n) is 1.38. The van der Waals surface area contributed by atoms with Gasteiger partial charge in [-0.25, -0.2) is 9.78 Å². The number of nitrogen functional groups attached to an aromatic ring is 1. The lowest BCUT2D eigenvalue weighted by molar-refractivity contribution is -0.140. The number of carbonyl (C=O) groups excluding carboxylic acids is 1. The second-order valence-corrected chi connectivity index (χ2v) is 3.87. The zero-order valence-corrected chi connectivity index (χ0v) is 10.2. The monoisotopic (exact) mass is 285 g/mol. The summed E-state index contributed by atoms with van der Waals surface area (Å²) in [6, 6.07) is 0.809. The fourth-order valence-corrected chi connectivity index (χ4v) is 1.38. The zero-order chi connectivity index (χ0) is 15.3. The minimum Gasteiger partial charge on any atom is -0.481 e. The third-order valence-electron chi connectivity index (χ3n) is 2.37. The first-order valence-electron chi connectivity index (χ1n) is 5.48. The van der Waals surface area contributed by atoms with Crippen LogP contribution in [0.4, 0.5) is 10.2 Å². The van der Waals surface area contributed by atoms with Gasteiger partial charge in [-0.2, -0.15) is 4.39 Å². The summed E-state index contributed by atoms with van der Waals surface area (Å²) in [5.74, 6) is -4.88. The van der Waals surface area contributed by atoms with E-state index in [0.717, 1.165) is 6.07 Å². The molecule has 0 bridgehead atoms. The summed E-state index contributed by atoms with van der Waals surface area (Å²) in [7, 11) is 0. The van der Waals surface area contributed by atoms with Crippen LogP contribution in [-0.4, -0.2) is 39.1 Å². The number of hydrogen-bond donors (Lipinski definition) is 4. The molecule has 1 rings (SSSR count). The predicted octanol–water partition coefficient (Wildman–Crippen LogP) is -0.149. The average molecular weight is 285 g/mol. The second-order valence-electron chi connectivity index (χ2n) is 3.87. The van der Waals surface area contributed by atoms with Crippen molar-refractivity contribution in [1.82, 2.24) is 10.3 Å². The smallest absolute Gasteiger partial charge is 0.326 e. The van der Waals surface area contributed by atoms with Crippen molar-refractivity contribution in [3.8, 4) is 0 Å². The van der Waals surface area contributed by atoms with E-state index < -0.39 is 41.8 Å². The van der Waals surface area contributed by atoms with Crippen LogP contribution in [0.25, 0.3) is 0 Å². The number of carboxylic acid groups (broad SMARTS) is 2. The molecular formula is C11H12FN3O5. The van der Waals surface area contributed by atoms with Gasteiger partial charge in [0.15, 0.2) is 0 Å². The van der Waals surface area contributed by atoms with Crippen molar-refractivity contribution in [3.05, 3.63) is 23.6 Å². The van der Waals surface area contributed by atoms with E-state index in [2.05, 4.69) is 4.98 Å². The molecule has 0 aliphatic rings. The van der Waals surface area contributed by atoms with Crippen LogP contribution in [0.2, 0.25) is 0 Å². The largest absolute Gasteiger partial charge is 0.481 e. The molecule has 0 aromatic carbocycles. The molecule has 0 aliphatic carbocycles. The fraction of sp³-hybridized carbons (Fsp3) is 0.273. The van der Waals surface area contributed by atoms with Gasteiger partial charge >= 0.3 is 11.9 Å². The highest BCUT2D eigenvalue weighted by molar-refractivity contribution is 5.96. The summed E-state index contributed by atoms with van der Waals surface area (Å²) in [4.78, 5) is 36.2. The summed E-state index contributed by atoms with van der Waals surface area (Å²) in [6.45, 7) is 0. The van der Waals surface area contributed by atoms with Gasteiger partial charge in [0.25, 0.3) is 5.91 Å². The molecule has 9 heteroatoms. The second kappa shape index (κ2) is 6.45. The summed E-state index contributed by atoms with van der Waals surface area (Å²) in [5.41, 5.74) is 4.74. The lowest BCUT2D eigenvalue weighted by Crippen LogP contribution is -2.41. The number of halogens is 1. The van der Waals surface area contributed by atoms with Gasteiger partial charge in [-0.05, 0) is 18.6 Å². The number of carboxylic acids is 2. The number of aliphatic carboxylic acids is 2. The van der Waals surface area contributed by atoms with Gasteiger partial charge in [-0.15, -0.1) is 0 Å². The van der Waals surface area contributed by atoms with Gasteiger partial charge in [-0.3, -0.25) is 9.59 Å². The molecule has 0 saturated carbocycles. The van der Waals surface area contributed by atoms with Gasteiger partial charge in [0.1, 0.15) is 11.9 Å². The molecule has 0 fully saturated rings. The minimum atomic E-state index is -1.43. The topological polar surface area (TPSA) is 143 Å². The predicted molar refractivity (Wildman–Crippen MR) is 64.4 cm³/mol. The first kappa shape index (κ1) is 15.3. The van der Waals surface area contributed by atoms with E-state index in [1.807, 2.05) is 5.32 Å². The molecule has 1 heterocycles. The quantitative estimate of drug-likeness (QED) is 0.532. The summed E-state index contributed by atoms with van der Waals surface area (Å²) >= 11 is 0. The van der Waals surface area contributed by atoms with Crippen molar-refractivity contribution >= 4 is 23.7 Å². The van der Waals surface area contributed by atoms with Crippen LogP contribution in [-0.2, 0) is 9.59 Å². The Hall–Kier alpha value is -2.71. The van der Waals surface area contributed by atoms with Crippen LogP contribution in [0.5, 0.6) is 0 Å². The van der Waals surface area contributed by atoms with Crippen LogP contribution >= 0.6 is 0 Å². The highest BCUT2D eigenvalue weighted by Crippen LogP contribution is 2.08. The molecule has 0 aliphatic heterocycles. The first-order chi connectivity index (χ1) is 9.31. The highest BCUT2D eigenvalue weighted by atomic mass is 19.1. The lowest BCUT2D eigenvalue weighted by Gasteiger charge is -2.13. The van der Waals surface area contributed by atoms with Crippen LogP contribution < -0.4 is 11.1 Å². The number of nitrogens with one attached hydrogen (secondary N) is 1. The number of nitrogens with two attached hydrogens (primary N) is 1. The summed E-state index contributed by atoms with van der Waals surface area (Å²) in [6.07, 6.45) is -0.764. The molecule has 8 nitrogen and oxygen atoms in total. The molecule has 0 radical (unpaired) electrons. The maximum absolute atomic E-state index is 13.4. The lowest BCUT2D eigenvalue weighted by atomic mass is 10.1. The number of hydrogen-bond acceptors (Lipinski definition) is 5. The number of aromatic nitrogens is 1. The van der Waals surface area contributed by atoms with Crippen molar-refractivity contribution in [2.24, 2.45) is 0 Å². The molecule has 5 N–H and O–H groups in total. The Labute approximate surface area is 112 Å². The maximum Gasteiger partial charge on any atom is 0.326 e. The number of amides is 1. The number of nitrogens with zero attached hydrogens (tertiary/aromatic N) is 1. The van der Waals surface area contributed by atoms with Crippen molar-refractivity contribution in [2.45, 2.75) is 18.9 Å². The van der Waals surface area contributed by atoms with Crippen molar-refractivity contribution in [2.75, 3.05) is 5.73 Å². The van der Waals surface area contributed by atoms with Crippen LogP contribution in [0.3, 0.4) is 0 Å². The summed E-state index contributed by atoms with van der Waals surface area (Å²) in [5, 5.41) is 19.4. The van der Waals surface area contributed by atoms with Gasteiger partial charge in [0.05, 0.1) is 5.56 Å². The Morgan fingerprint density at radius 2 is 2.00 bits per heavy atom. The number of pyridine rings is 1. The van der Waals surface area contributed by atoms with Gasteiger partial charge in [-0.1, -0.05) is 0 Å². The Kier molecular flexibility index (Phi) is 4.95.